The number of aromatic nitrogens is 2. The molecule has 0 bridgehead atoms. The Labute approximate surface area is 161 Å². The number of benzene rings is 1. The van der Waals surface area contributed by atoms with Crippen molar-refractivity contribution in [2.24, 2.45) is 0 Å². The summed E-state index contributed by atoms with van der Waals surface area (Å²) in [6.45, 7) is 1.13. The second-order valence-corrected chi connectivity index (χ2v) is 9.25. The standard InChI is InChI=1S/C18H18N4O3S2/c23-17(15-6-2-3-9-19-15)21-18-20-14-8-7-13(12-16(14)26-18)27(24,25)22-10-4-1-5-11-22/h2-3,6-9,12H,1,4-5,10-11H2,(H,20,21,23). The van der Waals surface area contributed by atoms with E-state index in [0.29, 0.717) is 34.1 Å². The summed E-state index contributed by atoms with van der Waals surface area (Å²) in [5.41, 5.74) is 0.944. The maximum Gasteiger partial charge on any atom is 0.276 e. The molecule has 0 atom stereocenters. The fourth-order valence-electron chi connectivity index (χ4n) is 3.03. The second kappa shape index (κ2) is 7.34. The molecule has 1 amide bonds. The molecule has 0 saturated carbocycles. The van der Waals surface area contributed by atoms with Crippen LogP contribution in [0.25, 0.3) is 10.2 Å². The van der Waals surface area contributed by atoms with Crippen LogP contribution in [0.15, 0.2) is 47.5 Å². The minimum Gasteiger partial charge on any atom is -0.296 e. The average Bonchev–Trinajstić information content (AvgIpc) is 3.10. The van der Waals surface area contributed by atoms with Gasteiger partial charge in [0, 0.05) is 19.3 Å². The Morgan fingerprint density at radius 3 is 2.67 bits per heavy atom. The Kier molecular flexibility index (Phi) is 4.90. The van der Waals surface area contributed by atoms with E-state index in [1.54, 1.807) is 46.9 Å². The molecule has 0 spiro atoms. The van der Waals surface area contributed by atoms with Gasteiger partial charge in [-0.2, -0.15) is 4.31 Å². The van der Waals surface area contributed by atoms with Crippen molar-refractivity contribution in [2.45, 2.75) is 24.2 Å². The van der Waals surface area contributed by atoms with Crippen LogP contribution in [0.2, 0.25) is 0 Å². The number of rotatable bonds is 4. The third-order valence-corrected chi connectivity index (χ3v) is 7.26. The minimum absolute atomic E-state index is 0.267. The Balaban J connectivity index is 1.59. The Hall–Kier alpha value is -2.36. The molecule has 4 rings (SSSR count). The van der Waals surface area contributed by atoms with Crippen LogP contribution >= 0.6 is 11.3 Å². The number of carbonyl (C=O) groups is 1. The van der Waals surface area contributed by atoms with E-state index in [9.17, 15) is 13.2 Å². The second-order valence-electron chi connectivity index (χ2n) is 6.28. The first-order valence-electron chi connectivity index (χ1n) is 8.67. The average molecular weight is 403 g/mol. The van der Waals surface area contributed by atoms with Crippen molar-refractivity contribution in [3.05, 3.63) is 48.3 Å². The zero-order chi connectivity index (χ0) is 18.9. The van der Waals surface area contributed by atoms with E-state index in [-0.39, 0.29) is 10.8 Å². The van der Waals surface area contributed by atoms with Crippen LogP contribution in [0, 0.1) is 0 Å². The number of pyridine rings is 1. The molecule has 0 unspecified atom stereocenters. The van der Waals surface area contributed by atoms with Gasteiger partial charge in [0.2, 0.25) is 10.0 Å². The number of nitrogens with one attached hydrogen (secondary N) is 1. The van der Waals surface area contributed by atoms with Gasteiger partial charge in [-0.15, -0.1) is 0 Å². The van der Waals surface area contributed by atoms with Gasteiger partial charge in [-0.1, -0.05) is 23.8 Å². The third kappa shape index (κ3) is 3.71. The monoisotopic (exact) mass is 402 g/mol. The van der Waals surface area contributed by atoms with Crippen LogP contribution in [-0.4, -0.2) is 41.7 Å². The highest BCUT2D eigenvalue weighted by atomic mass is 32.2. The van der Waals surface area contributed by atoms with E-state index in [0.717, 1.165) is 19.3 Å². The quantitative estimate of drug-likeness (QED) is 0.724. The zero-order valence-electron chi connectivity index (χ0n) is 14.5. The van der Waals surface area contributed by atoms with E-state index in [4.69, 9.17) is 0 Å². The molecule has 3 heterocycles. The maximum absolute atomic E-state index is 12.8. The summed E-state index contributed by atoms with van der Waals surface area (Å²) in [5.74, 6) is -0.351. The molecule has 3 aromatic rings. The van der Waals surface area contributed by atoms with E-state index >= 15 is 0 Å². The van der Waals surface area contributed by atoms with Gasteiger partial charge in [-0.05, 0) is 43.2 Å². The molecule has 1 aromatic carbocycles. The minimum atomic E-state index is -3.50. The van der Waals surface area contributed by atoms with Gasteiger partial charge in [-0.25, -0.2) is 13.4 Å². The van der Waals surface area contributed by atoms with Gasteiger partial charge < -0.3 is 0 Å². The van der Waals surface area contributed by atoms with Gasteiger partial charge >= 0.3 is 0 Å². The van der Waals surface area contributed by atoms with E-state index in [1.165, 1.54) is 11.3 Å². The highest BCUT2D eigenvalue weighted by Gasteiger charge is 2.26. The molecule has 140 valence electrons. The van der Waals surface area contributed by atoms with Crippen molar-refractivity contribution >= 4 is 42.6 Å². The predicted molar refractivity (Wildman–Crippen MR) is 104 cm³/mol. The Morgan fingerprint density at radius 1 is 1.11 bits per heavy atom. The zero-order valence-corrected chi connectivity index (χ0v) is 16.1. The highest BCUT2D eigenvalue weighted by Crippen LogP contribution is 2.30. The van der Waals surface area contributed by atoms with Gasteiger partial charge in [0.05, 0.1) is 15.1 Å². The first-order valence-corrected chi connectivity index (χ1v) is 10.9. The number of carbonyl (C=O) groups excluding carboxylic acids is 1. The lowest BCUT2D eigenvalue weighted by atomic mass is 10.2. The Bertz CT molecular complexity index is 1070. The largest absolute Gasteiger partial charge is 0.296 e. The van der Waals surface area contributed by atoms with Gasteiger partial charge in [0.25, 0.3) is 5.91 Å². The molecule has 1 aliphatic heterocycles. The number of hydrogen-bond donors (Lipinski definition) is 1. The Morgan fingerprint density at radius 2 is 1.93 bits per heavy atom. The number of fused-ring (bicyclic) bond motifs is 1. The summed E-state index contributed by atoms with van der Waals surface area (Å²) in [5, 5.41) is 3.13. The van der Waals surface area contributed by atoms with Crippen LogP contribution in [0.5, 0.6) is 0 Å². The molecule has 1 saturated heterocycles. The molecule has 1 N–H and O–H groups in total. The molecule has 7 nitrogen and oxygen atoms in total. The number of hydrogen-bond acceptors (Lipinski definition) is 6. The van der Waals surface area contributed by atoms with E-state index in [1.807, 2.05) is 0 Å². The molecule has 9 heteroatoms. The van der Waals surface area contributed by atoms with Crippen molar-refractivity contribution in [1.82, 2.24) is 14.3 Å². The predicted octanol–water partition coefficient (Wildman–Crippen LogP) is 3.12. The SMILES string of the molecule is O=C(Nc1nc2ccc(S(=O)(=O)N3CCCCC3)cc2s1)c1ccccn1. The lowest BCUT2D eigenvalue weighted by Crippen LogP contribution is -2.35. The first kappa shape index (κ1) is 18.0. The maximum atomic E-state index is 12.8. The summed E-state index contributed by atoms with van der Waals surface area (Å²) < 4.78 is 27.9. The topological polar surface area (TPSA) is 92.3 Å². The molecule has 1 fully saturated rings. The van der Waals surface area contributed by atoms with Gasteiger partial charge in [-0.3, -0.25) is 15.1 Å². The number of nitrogens with zero attached hydrogens (tertiary/aromatic N) is 3. The number of amides is 1. The molecule has 0 aliphatic carbocycles. The summed E-state index contributed by atoms with van der Waals surface area (Å²) in [6, 6.07) is 9.98. The van der Waals surface area contributed by atoms with Crippen molar-refractivity contribution in [1.29, 1.82) is 0 Å². The summed E-state index contributed by atoms with van der Waals surface area (Å²) in [4.78, 5) is 20.9. The summed E-state index contributed by atoms with van der Waals surface area (Å²) >= 11 is 1.24. The third-order valence-electron chi connectivity index (χ3n) is 4.43. The summed E-state index contributed by atoms with van der Waals surface area (Å²) in [7, 11) is -3.50. The molecule has 2 aromatic heterocycles. The normalized spacial score (nSPS) is 15.7. The van der Waals surface area contributed by atoms with Crippen LogP contribution in [0.1, 0.15) is 29.8 Å². The van der Waals surface area contributed by atoms with Crippen molar-refractivity contribution in [3.63, 3.8) is 0 Å². The number of piperidine rings is 1. The lowest BCUT2D eigenvalue weighted by Gasteiger charge is -2.25. The van der Waals surface area contributed by atoms with Crippen molar-refractivity contribution in [2.75, 3.05) is 18.4 Å². The number of thiazole rings is 1. The number of anilines is 1. The van der Waals surface area contributed by atoms with Gasteiger partial charge in [0.15, 0.2) is 5.13 Å². The first-order chi connectivity index (χ1) is 13.0. The summed E-state index contributed by atoms with van der Waals surface area (Å²) in [6.07, 6.45) is 4.40. The molecule has 0 radical (unpaired) electrons. The highest BCUT2D eigenvalue weighted by molar-refractivity contribution is 7.89. The van der Waals surface area contributed by atoms with Crippen molar-refractivity contribution < 1.29 is 13.2 Å². The van der Waals surface area contributed by atoms with E-state index < -0.39 is 10.0 Å². The van der Waals surface area contributed by atoms with E-state index in [2.05, 4.69) is 15.3 Å². The molecular formula is C18H18N4O3S2. The number of sulfonamides is 1. The van der Waals surface area contributed by atoms with Crippen LogP contribution in [0.4, 0.5) is 5.13 Å². The van der Waals surface area contributed by atoms with Gasteiger partial charge in [0.1, 0.15) is 5.69 Å². The molecular weight excluding hydrogens is 384 g/mol. The van der Waals surface area contributed by atoms with Crippen LogP contribution in [0.3, 0.4) is 0 Å². The lowest BCUT2D eigenvalue weighted by molar-refractivity contribution is 0.102. The van der Waals surface area contributed by atoms with Crippen LogP contribution < -0.4 is 5.32 Å². The fraction of sp³-hybridized carbons (Fsp3) is 0.278. The van der Waals surface area contributed by atoms with Crippen molar-refractivity contribution in [3.8, 4) is 0 Å². The molecule has 1 aliphatic rings. The smallest absolute Gasteiger partial charge is 0.276 e. The molecule has 27 heavy (non-hydrogen) atoms. The van der Waals surface area contributed by atoms with Crippen LogP contribution in [-0.2, 0) is 10.0 Å². The fourth-order valence-corrected chi connectivity index (χ4v) is 5.55.